The molecule has 3 N–H and O–H groups in total. The standard InChI is InChI=1S/C21H26N2O3/c1-21(25,18-5-3-2-4-6-18)11-13-23-20(24)22-12-9-16-7-8-19-17(15-16)10-14-26-19/h2-8,15,25H,9-14H2,1H3,(H2,22,23,24)/t21-/m1/s1. The Morgan fingerprint density at radius 3 is 2.73 bits per heavy atom. The number of carbonyl (C=O) groups is 1. The molecule has 0 aliphatic carbocycles. The fourth-order valence-electron chi connectivity index (χ4n) is 3.14. The van der Waals surface area contributed by atoms with Crippen LogP contribution in [0.25, 0.3) is 0 Å². The molecule has 5 heteroatoms. The number of urea groups is 1. The smallest absolute Gasteiger partial charge is 0.314 e. The molecule has 138 valence electrons. The highest BCUT2D eigenvalue weighted by molar-refractivity contribution is 5.73. The summed E-state index contributed by atoms with van der Waals surface area (Å²) in [4.78, 5) is 11.9. The third-order valence-corrected chi connectivity index (χ3v) is 4.75. The van der Waals surface area contributed by atoms with Gasteiger partial charge in [0, 0.05) is 19.5 Å². The van der Waals surface area contributed by atoms with Crippen LogP contribution in [-0.4, -0.2) is 30.8 Å². The molecule has 0 aromatic heterocycles. The number of rotatable bonds is 7. The molecule has 0 spiro atoms. The van der Waals surface area contributed by atoms with E-state index in [1.54, 1.807) is 6.92 Å². The van der Waals surface area contributed by atoms with Gasteiger partial charge in [0.25, 0.3) is 0 Å². The van der Waals surface area contributed by atoms with Crippen molar-refractivity contribution in [2.75, 3.05) is 19.7 Å². The number of hydrogen-bond acceptors (Lipinski definition) is 3. The predicted molar refractivity (Wildman–Crippen MR) is 101 cm³/mol. The largest absolute Gasteiger partial charge is 0.493 e. The Morgan fingerprint density at radius 2 is 1.92 bits per heavy atom. The van der Waals surface area contributed by atoms with Gasteiger partial charge in [-0.25, -0.2) is 4.79 Å². The number of amides is 2. The summed E-state index contributed by atoms with van der Waals surface area (Å²) in [6.07, 6.45) is 2.19. The topological polar surface area (TPSA) is 70.6 Å². The summed E-state index contributed by atoms with van der Waals surface area (Å²) in [6.45, 7) is 3.50. The summed E-state index contributed by atoms with van der Waals surface area (Å²) in [6, 6.07) is 15.5. The number of aliphatic hydroxyl groups is 1. The van der Waals surface area contributed by atoms with Gasteiger partial charge >= 0.3 is 6.03 Å². The van der Waals surface area contributed by atoms with Gasteiger partial charge in [0.05, 0.1) is 12.2 Å². The third-order valence-electron chi connectivity index (χ3n) is 4.75. The highest BCUT2D eigenvalue weighted by Crippen LogP contribution is 2.26. The first-order valence-electron chi connectivity index (χ1n) is 9.09. The first kappa shape index (κ1) is 18.3. The molecule has 0 bridgehead atoms. The van der Waals surface area contributed by atoms with Crippen molar-refractivity contribution in [3.8, 4) is 5.75 Å². The molecule has 1 aliphatic rings. The molecule has 1 heterocycles. The van der Waals surface area contributed by atoms with Crippen molar-refractivity contribution >= 4 is 6.03 Å². The molecule has 0 saturated carbocycles. The Kier molecular flexibility index (Phi) is 5.78. The van der Waals surface area contributed by atoms with Crippen LogP contribution in [0.3, 0.4) is 0 Å². The molecule has 1 atom stereocenters. The second kappa shape index (κ2) is 8.23. The summed E-state index contributed by atoms with van der Waals surface area (Å²) in [5.41, 5.74) is 2.33. The maximum Gasteiger partial charge on any atom is 0.314 e. The lowest BCUT2D eigenvalue weighted by atomic mass is 9.93. The van der Waals surface area contributed by atoms with Gasteiger partial charge in [-0.05, 0) is 42.5 Å². The van der Waals surface area contributed by atoms with E-state index in [1.165, 1.54) is 11.1 Å². The first-order valence-corrected chi connectivity index (χ1v) is 9.09. The summed E-state index contributed by atoms with van der Waals surface area (Å²) in [5.74, 6) is 0.977. The number of ether oxygens (including phenoxy) is 1. The number of benzene rings is 2. The number of fused-ring (bicyclic) bond motifs is 1. The average Bonchev–Trinajstić information content (AvgIpc) is 3.10. The van der Waals surface area contributed by atoms with E-state index in [2.05, 4.69) is 16.7 Å². The lowest BCUT2D eigenvalue weighted by Crippen LogP contribution is -2.39. The Morgan fingerprint density at radius 1 is 1.15 bits per heavy atom. The zero-order valence-corrected chi connectivity index (χ0v) is 15.1. The van der Waals surface area contributed by atoms with Crippen LogP contribution >= 0.6 is 0 Å². The van der Waals surface area contributed by atoms with Crippen molar-refractivity contribution in [1.29, 1.82) is 0 Å². The minimum atomic E-state index is -0.957. The third kappa shape index (κ3) is 4.76. The van der Waals surface area contributed by atoms with E-state index in [9.17, 15) is 9.90 Å². The molecule has 0 saturated heterocycles. The second-order valence-corrected chi connectivity index (χ2v) is 6.86. The van der Waals surface area contributed by atoms with E-state index in [0.29, 0.717) is 19.5 Å². The Balaban J connectivity index is 1.37. The Bertz CT molecular complexity index is 744. The number of carbonyl (C=O) groups excluding carboxylic acids is 1. The quantitative estimate of drug-likeness (QED) is 0.716. The van der Waals surface area contributed by atoms with Crippen LogP contribution in [-0.2, 0) is 18.4 Å². The van der Waals surface area contributed by atoms with Gasteiger partial charge in [0.2, 0.25) is 0 Å². The van der Waals surface area contributed by atoms with Crippen LogP contribution in [0.4, 0.5) is 4.79 Å². The lowest BCUT2D eigenvalue weighted by molar-refractivity contribution is 0.0487. The second-order valence-electron chi connectivity index (χ2n) is 6.86. The van der Waals surface area contributed by atoms with Crippen molar-refractivity contribution in [3.05, 3.63) is 65.2 Å². The van der Waals surface area contributed by atoms with Gasteiger partial charge in [-0.15, -0.1) is 0 Å². The molecular weight excluding hydrogens is 328 g/mol. The summed E-state index contributed by atoms with van der Waals surface area (Å²) in [5, 5.41) is 16.2. The highest BCUT2D eigenvalue weighted by atomic mass is 16.5. The van der Waals surface area contributed by atoms with Crippen LogP contribution in [0.5, 0.6) is 5.75 Å². The zero-order chi connectivity index (χ0) is 18.4. The Hall–Kier alpha value is -2.53. The lowest BCUT2D eigenvalue weighted by Gasteiger charge is -2.24. The van der Waals surface area contributed by atoms with Crippen LogP contribution < -0.4 is 15.4 Å². The molecule has 0 fully saturated rings. The van der Waals surface area contributed by atoms with E-state index in [-0.39, 0.29) is 6.03 Å². The predicted octanol–water partition coefficient (Wildman–Crippen LogP) is 2.76. The molecule has 5 nitrogen and oxygen atoms in total. The van der Waals surface area contributed by atoms with E-state index < -0.39 is 5.60 Å². The van der Waals surface area contributed by atoms with Crippen LogP contribution in [0.15, 0.2) is 48.5 Å². The molecule has 0 unspecified atom stereocenters. The highest BCUT2D eigenvalue weighted by Gasteiger charge is 2.22. The van der Waals surface area contributed by atoms with Crippen molar-refractivity contribution in [2.45, 2.75) is 31.8 Å². The van der Waals surface area contributed by atoms with Crippen molar-refractivity contribution in [1.82, 2.24) is 10.6 Å². The minimum Gasteiger partial charge on any atom is -0.493 e. The van der Waals surface area contributed by atoms with Gasteiger partial charge in [0.15, 0.2) is 0 Å². The fourth-order valence-corrected chi connectivity index (χ4v) is 3.14. The first-order chi connectivity index (χ1) is 12.5. The summed E-state index contributed by atoms with van der Waals surface area (Å²) in [7, 11) is 0. The molecule has 0 radical (unpaired) electrons. The maximum absolute atomic E-state index is 11.9. The average molecular weight is 354 g/mol. The molecule has 2 aromatic carbocycles. The number of hydrogen-bond donors (Lipinski definition) is 3. The van der Waals surface area contributed by atoms with Gasteiger partial charge in [0.1, 0.15) is 5.75 Å². The minimum absolute atomic E-state index is 0.210. The molecule has 2 aromatic rings. The van der Waals surface area contributed by atoms with Crippen molar-refractivity contribution in [3.63, 3.8) is 0 Å². The maximum atomic E-state index is 11.9. The van der Waals surface area contributed by atoms with Crippen LogP contribution in [0.1, 0.15) is 30.0 Å². The van der Waals surface area contributed by atoms with E-state index in [1.807, 2.05) is 42.5 Å². The van der Waals surface area contributed by atoms with Gasteiger partial charge in [-0.3, -0.25) is 0 Å². The SMILES string of the molecule is C[C@@](O)(CCNC(=O)NCCc1ccc2c(c1)CCO2)c1ccccc1. The normalized spacial score (nSPS) is 14.8. The van der Waals surface area contributed by atoms with Crippen molar-refractivity contribution < 1.29 is 14.6 Å². The van der Waals surface area contributed by atoms with Crippen LogP contribution in [0, 0.1) is 0 Å². The molecular formula is C21H26N2O3. The van der Waals surface area contributed by atoms with Gasteiger partial charge in [-0.2, -0.15) is 0 Å². The fraction of sp³-hybridized carbons (Fsp3) is 0.381. The zero-order valence-electron chi connectivity index (χ0n) is 15.1. The number of nitrogens with one attached hydrogen (secondary N) is 2. The molecule has 2 amide bonds. The van der Waals surface area contributed by atoms with Gasteiger partial charge < -0.3 is 20.5 Å². The Labute approximate surface area is 154 Å². The van der Waals surface area contributed by atoms with Gasteiger partial charge in [-0.1, -0.05) is 42.5 Å². The monoisotopic (exact) mass is 354 g/mol. The van der Waals surface area contributed by atoms with E-state index in [4.69, 9.17) is 4.74 Å². The van der Waals surface area contributed by atoms with Crippen molar-refractivity contribution in [2.24, 2.45) is 0 Å². The summed E-state index contributed by atoms with van der Waals surface area (Å²) < 4.78 is 5.50. The van der Waals surface area contributed by atoms with Crippen LogP contribution in [0.2, 0.25) is 0 Å². The van der Waals surface area contributed by atoms with E-state index in [0.717, 1.165) is 30.8 Å². The molecule has 1 aliphatic heterocycles. The molecule has 26 heavy (non-hydrogen) atoms. The summed E-state index contributed by atoms with van der Waals surface area (Å²) >= 11 is 0. The molecule has 3 rings (SSSR count). The van der Waals surface area contributed by atoms with E-state index >= 15 is 0 Å².